The SMILES string of the molecule is CN(C)CCCCNC(=O)C/C=C/c1ccccc1. The zero-order chi connectivity index (χ0) is 13.9. The smallest absolute Gasteiger partial charge is 0.223 e. The van der Waals surface area contributed by atoms with Gasteiger partial charge in [-0.25, -0.2) is 0 Å². The van der Waals surface area contributed by atoms with Crippen molar-refractivity contribution >= 4 is 12.0 Å². The van der Waals surface area contributed by atoms with Crippen LogP contribution in [0.4, 0.5) is 0 Å². The Bertz CT molecular complexity index is 385. The van der Waals surface area contributed by atoms with Gasteiger partial charge >= 0.3 is 0 Å². The second-order valence-corrected chi connectivity index (χ2v) is 4.88. The third kappa shape index (κ3) is 8.16. The Morgan fingerprint density at radius 1 is 1.21 bits per heavy atom. The number of hydrogen-bond donors (Lipinski definition) is 1. The zero-order valence-corrected chi connectivity index (χ0v) is 11.9. The van der Waals surface area contributed by atoms with Gasteiger partial charge in [-0.1, -0.05) is 42.5 Å². The van der Waals surface area contributed by atoms with E-state index in [1.807, 2.05) is 42.5 Å². The summed E-state index contributed by atoms with van der Waals surface area (Å²) in [6.45, 7) is 1.84. The minimum Gasteiger partial charge on any atom is -0.356 e. The molecule has 19 heavy (non-hydrogen) atoms. The van der Waals surface area contributed by atoms with E-state index in [1.54, 1.807) is 0 Å². The molecule has 3 heteroatoms. The fourth-order valence-corrected chi connectivity index (χ4v) is 1.72. The molecule has 0 aliphatic carbocycles. The van der Waals surface area contributed by atoms with Gasteiger partial charge in [-0.15, -0.1) is 0 Å². The van der Waals surface area contributed by atoms with Crippen LogP contribution in [0.2, 0.25) is 0 Å². The number of rotatable bonds is 8. The number of hydrogen-bond acceptors (Lipinski definition) is 2. The molecule has 1 amide bonds. The maximum atomic E-state index is 11.6. The lowest BCUT2D eigenvalue weighted by molar-refractivity contribution is -0.120. The molecule has 1 N–H and O–H groups in total. The number of carbonyl (C=O) groups excluding carboxylic acids is 1. The quantitative estimate of drug-likeness (QED) is 0.729. The molecule has 104 valence electrons. The van der Waals surface area contributed by atoms with E-state index in [-0.39, 0.29) is 5.91 Å². The third-order valence-corrected chi connectivity index (χ3v) is 2.77. The van der Waals surface area contributed by atoms with Crippen LogP contribution < -0.4 is 5.32 Å². The molecule has 0 atom stereocenters. The summed E-state index contributed by atoms with van der Waals surface area (Å²) in [5.41, 5.74) is 1.13. The predicted octanol–water partition coefficient (Wildman–Crippen LogP) is 2.55. The van der Waals surface area contributed by atoms with Crippen LogP contribution in [-0.2, 0) is 4.79 Å². The number of amides is 1. The zero-order valence-electron chi connectivity index (χ0n) is 11.9. The van der Waals surface area contributed by atoms with Crippen LogP contribution >= 0.6 is 0 Å². The van der Waals surface area contributed by atoms with Crippen LogP contribution in [0.5, 0.6) is 0 Å². The first-order chi connectivity index (χ1) is 9.18. The molecule has 0 spiro atoms. The lowest BCUT2D eigenvalue weighted by Gasteiger charge is -2.09. The summed E-state index contributed by atoms with van der Waals surface area (Å²) in [4.78, 5) is 13.7. The number of nitrogens with one attached hydrogen (secondary N) is 1. The number of nitrogens with zero attached hydrogens (tertiary/aromatic N) is 1. The molecule has 0 heterocycles. The van der Waals surface area contributed by atoms with Gasteiger partial charge in [0.15, 0.2) is 0 Å². The highest BCUT2D eigenvalue weighted by Gasteiger charge is 1.97. The molecular weight excluding hydrogens is 236 g/mol. The van der Waals surface area contributed by atoms with Crippen molar-refractivity contribution in [1.82, 2.24) is 10.2 Å². The van der Waals surface area contributed by atoms with E-state index in [9.17, 15) is 4.79 Å². The Kier molecular flexibility index (Phi) is 7.59. The second-order valence-electron chi connectivity index (χ2n) is 4.88. The van der Waals surface area contributed by atoms with Gasteiger partial charge in [-0.3, -0.25) is 4.79 Å². The molecule has 0 aromatic heterocycles. The van der Waals surface area contributed by atoms with Crippen LogP contribution in [0.1, 0.15) is 24.8 Å². The normalized spacial score (nSPS) is 11.1. The maximum Gasteiger partial charge on any atom is 0.223 e. The van der Waals surface area contributed by atoms with Crippen LogP contribution in [0.15, 0.2) is 36.4 Å². The first-order valence-electron chi connectivity index (χ1n) is 6.81. The van der Waals surface area contributed by atoms with Crippen molar-refractivity contribution in [3.63, 3.8) is 0 Å². The summed E-state index contributed by atoms with van der Waals surface area (Å²) < 4.78 is 0. The van der Waals surface area contributed by atoms with Crippen LogP contribution in [0.25, 0.3) is 6.08 Å². The van der Waals surface area contributed by atoms with Crippen molar-refractivity contribution in [3.05, 3.63) is 42.0 Å². The summed E-state index contributed by atoms with van der Waals surface area (Å²) in [5.74, 6) is 0.0945. The van der Waals surface area contributed by atoms with Crippen molar-refractivity contribution in [2.75, 3.05) is 27.2 Å². The summed E-state index contributed by atoms with van der Waals surface area (Å²) in [6, 6.07) is 10.0. The predicted molar refractivity (Wildman–Crippen MR) is 80.9 cm³/mol. The standard InChI is InChI=1S/C16H24N2O/c1-18(2)14-7-6-13-17-16(19)12-8-11-15-9-4-3-5-10-15/h3-5,8-11H,6-7,12-14H2,1-2H3,(H,17,19)/b11-8+. The lowest BCUT2D eigenvalue weighted by Crippen LogP contribution is -2.24. The molecule has 0 fully saturated rings. The van der Waals surface area contributed by atoms with Gasteiger partial charge in [0.25, 0.3) is 0 Å². The Balaban J connectivity index is 2.10. The minimum absolute atomic E-state index is 0.0945. The van der Waals surface area contributed by atoms with Crippen molar-refractivity contribution in [2.45, 2.75) is 19.3 Å². The topological polar surface area (TPSA) is 32.3 Å². The summed E-state index contributed by atoms with van der Waals surface area (Å²) >= 11 is 0. The molecule has 1 aromatic carbocycles. The first kappa shape index (κ1) is 15.4. The van der Waals surface area contributed by atoms with Gasteiger partial charge in [-0.2, -0.15) is 0 Å². The van der Waals surface area contributed by atoms with Crippen LogP contribution in [0, 0.1) is 0 Å². The van der Waals surface area contributed by atoms with Crippen molar-refractivity contribution < 1.29 is 4.79 Å². The Morgan fingerprint density at radius 2 is 1.95 bits per heavy atom. The summed E-state index contributed by atoms with van der Waals surface area (Å²) in [7, 11) is 4.12. The molecule has 1 rings (SSSR count). The third-order valence-electron chi connectivity index (χ3n) is 2.77. The molecule has 0 unspecified atom stereocenters. The number of carbonyl (C=O) groups is 1. The Morgan fingerprint density at radius 3 is 2.63 bits per heavy atom. The van der Waals surface area contributed by atoms with Gasteiger partial charge in [0.05, 0.1) is 0 Å². The van der Waals surface area contributed by atoms with E-state index in [0.717, 1.165) is 31.5 Å². The fourth-order valence-electron chi connectivity index (χ4n) is 1.72. The van der Waals surface area contributed by atoms with Gasteiger partial charge < -0.3 is 10.2 Å². The van der Waals surface area contributed by atoms with Gasteiger partial charge in [0, 0.05) is 13.0 Å². The first-order valence-corrected chi connectivity index (χ1v) is 6.81. The molecule has 1 aromatic rings. The van der Waals surface area contributed by atoms with Gasteiger partial charge in [0.2, 0.25) is 5.91 Å². The van der Waals surface area contributed by atoms with E-state index in [4.69, 9.17) is 0 Å². The van der Waals surface area contributed by atoms with E-state index < -0.39 is 0 Å². The monoisotopic (exact) mass is 260 g/mol. The molecule has 0 bridgehead atoms. The van der Waals surface area contributed by atoms with E-state index in [0.29, 0.717) is 6.42 Å². The van der Waals surface area contributed by atoms with Crippen molar-refractivity contribution in [2.24, 2.45) is 0 Å². The largest absolute Gasteiger partial charge is 0.356 e. The Labute approximate surface area is 116 Å². The van der Waals surface area contributed by atoms with Gasteiger partial charge in [0.1, 0.15) is 0 Å². The fraction of sp³-hybridized carbons (Fsp3) is 0.438. The van der Waals surface area contributed by atoms with Crippen LogP contribution in [0.3, 0.4) is 0 Å². The number of unbranched alkanes of at least 4 members (excludes halogenated alkanes) is 1. The Hall–Kier alpha value is -1.61. The molecule has 0 saturated heterocycles. The maximum absolute atomic E-state index is 11.6. The lowest BCUT2D eigenvalue weighted by atomic mass is 10.2. The molecular formula is C16H24N2O. The van der Waals surface area contributed by atoms with Crippen LogP contribution in [-0.4, -0.2) is 38.0 Å². The van der Waals surface area contributed by atoms with Gasteiger partial charge in [-0.05, 0) is 39.0 Å². The summed E-state index contributed by atoms with van der Waals surface area (Å²) in [6.07, 6.45) is 6.48. The molecule has 0 radical (unpaired) electrons. The molecule has 0 aliphatic rings. The highest BCUT2D eigenvalue weighted by atomic mass is 16.1. The molecule has 3 nitrogen and oxygen atoms in total. The van der Waals surface area contributed by atoms with E-state index >= 15 is 0 Å². The molecule has 0 saturated carbocycles. The second kappa shape index (κ2) is 9.34. The molecule has 0 aliphatic heterocycles. The van der Waals surface area contributed by atoms with Crippen molar-refractivity contribution in [3.8, 4) is 0 Å². The van der Waals surface area contributed by atoms with E-state index in [2.05, 4.69) is 24.3 Å². The number of benzene rings is 1. The summed E-state index contributed by atoms with van der Waals surface area (Å²) in [5, 5.41) is 2.93. The minimum atomic E-state index is 0.0945. The van der Waals surface area contributed by atoms with E-state index in [1.165, 1.54) is 0 Å². The highest BCUT2D eigenvalue weighted by Crippen LogP contribution is 2.01. The average molecular weight is 260 g/mol. The van der Waals surface area contributed by atoms with Crippen molar-refractivity contribution in [1.29, 1.82) is 0 Å². The average Bonchev–Trinajstić information content (AvgIpc) is 2.39. The highest BCUT2D eigenvalue weighted by molar-refractivity contribution is 5.78.